The first-order chi connectivity index (χ1) is 19.5. The molecule has 3 heterocycles. The van der Waals surface area contributed by atoms with Crippen molar-refractivity contribution in [1.29, 1.82) is 0 Å². The quantitative estimate of drug-likeness (QED) is 0.430. The summed E-state index contributed by atoms with van der Waals surface area (Å²) in [5, 5.41) is 24.1. The van der Waals surface area contributed by atoms with Gasteiger partial charge in [-0.2, -0.15) is 0 Å². The van der Waals surface area contributed by atoms with E-state index in [2.05, 4.69) is 20.9 Å². The van der Waals surface area contributed by atoms with E-state index in [0.29, 0.717) is 13.1 Å². The molecule has 0 spiro atoms. The van der Waals surface area contributed by atoms with Crippen LogP contribution in [0.3, 0.4) is 0 Å². The number of carbonyl (C=O) groups is 1. The van der Waals surface area contributed by atoms with Crippen molar-refractivity contribution in [1.82, 2.24) is 25.6 Å². The van der Waals surface area contributed by atoms with Crippen molar-refractivity contribution in [3.05, 3.63) is 35.5 Å². The fourth-order valence-corrected chi connectivity index (χ4v) is 6.33. The van der Waals surface area contributed by atoms with Crippen molar-refractivity contribution < 1.29 is 37.6 Å². The molecule has 1 amide bonds. The predicted octanol–water partition coefficient (Wildman–Crippen LogP) is 3.57. The number of aromatic nitrogens is 3. The van der Waals surface area contributed by atoms with Gasteiger partial charge in [0, 0.05) is 25.8 Å². The third-order valence-electron chi connectivity index (χ3n) is 8.40. The first-order valence-electron chi connectivity index (χ1n) is 14.1. The summed E-state index contributed by atoms with van der Waals surface area (Å²) in [7, 11) is 1.57. The second kappa shape index (κ2) is 11.9. The molecule has 1 aromatic heterocycles. The normalized spacial score (nSPS) is 29.1. The Morgan fingerprint density at radius 3 is 2.68 bits per heavy atom. The Morgan fingerprint density at radius 2 is 1.98 bits per heavy atom. The van der Waals surface area contributed by atoms with E-state index in [-0.39, 0.29) is 23.4 Å². The fourth-order valence-electron chi connectivity index (χ4n) is 6.33. The molecule has 226 valence electrons. The molecule has 2 aromatic rings. The Kier molecular flexibility index (Phi) is 8.63. The first kappa shape index (κ1) is 29.8. The van der Waals surface area contributed by atoms with Gasteiger partial charge in [-0.25, -0.2) is 18.3 Å². The minimum atomic E-state index is -1.04. The van der Waals surface area contributed by atoms with E-state index < -0.39 is 59.5 Å². The number of amides is 1. The van der Waals surface area contributed by atoms with E-state index in [9.17, 15) is 18.7 Å². The number of nitrogens with one attached hydrogen (secondary N) is 2. The van der Waals surface area contributed by atoms with Gasteiger partial charge < -0.3 is 34.7 Å². The molecule has 2 aliphatic heterocycles. The van der Waals surface area contributed by atoms with Crippen LogP contribution in [0.4, 0.5) is 13.6 Å². The molecule has 11 nitrogen and oxygen atoms in total. The number of halogens is 2. The largest absolute Gasteiger partial charge is 0.465 e. The predicted molar refractivity (Wildman–Crippen MR) is 143 cm³/mol. The first-order valence-corrected chi connectivity index (χ1v) is 14.1. The summed E-state index contributed by atoms with van der Waals surface area (Å²) < 4.78 is 55.3. The van der Waals surface area contributed by atoms with Gasteiger partial charge in [-0.3, -0.25) is 0 Å². The summed E-state index contributed by atoms with van der Waals surface area (Å²) in [6.07, 6.45) is 3.00. The van der Waals surface area contributed by atoms with Gasteiger partial charge in [0.1, 0.15) is 30.0 Å². The Bertz CT molecular complexity index is 1240. The molecule has 1 saturated carbocycles. The molecule has 3 N–H and O–H groups in total. The summed E-state index contributed by atoms with van der Waals surface area (Å²) in [6, 6.07) is 2.45. The molecule has 3 aliphatic rings. The molecular formula is C28H39F2N5O6. The fraction of sp³-hybridized carbons (Fsp3) is 0.679. The van der Waals surface area contributed by atoms with Gasteiger partial charge >= 0.3 is 6.09 Å². The molecular weight excluding hydrogens is 540 g/mol. The molecule has 0 unspecified atom stereocenters. The summed E-state index contributed by atoms with van der Waals surface area (Å²) in [6.45, 7) is 6.20. The van der Waals surface area contributed by atoms with Crippen LogP contribution in [0.5, 0.6) is 0 Å². The van der Waals surface area contributed by atoms with E-state index in [1.165, 1.54) is 19.1 Å². The van der Waals surface area contributed by atoms with Crippen molar-refractivity contribution >= 4 is 6.09 Å². The topological polar surface area (TPSA) is 129 Å². The SMILES string of the molecule is CO[C@@H]1[C@@H](n2cc(-c3ccc(C)c(F)c3F)nn2)[C@H]2OC(C)(C)OC[C@H]2O[C@@H]1CNCC1(NC(=O)O)CCCCC1. The smallest absolute Gasteiger partial charge is 0.405 e. The highest BCUT2D eigenvalue weighted by atomic mass is 19.2. The minimum Gasteiger partial charge on any atom is -0.465 e. The maximum absolute atomic E-state index is 14.8. The number of nitrogens with zero attached hydrogens (tertiary/aromatic N) is 3. The number of rotatable bonds is 8. The van der Waals surface area contributed by atoms with Crippen LogP contribution in [-0.4, -0.2) is 88.7 Å². The van der Waals surface area contributed by atoms with Gasteiger partial charge in [-0.15, -0.1) is 5.10 Å². The van der Waals surface area contributed by atoms with E-state index in [0.717, 1.165) is 32.1 Å². The van der Waals surface area contributed by atoms with E-state index in [1.807, 2.05) is 13.8 Å². The molecule has 1 aromatic carbocycles. The van der Waals surface area contributed by atoms with E-state index >= 15 is 0 Å². The summed E-state index contributed by atoms with van der Waals surface area (Å²) >= 11 is 0. The van der Waals surface area contributed by atoms with Crippen LogP contribution in [0, 0.1) is 18.6 Å². The molecule has 0 radical (unpaired) electrons. The number of aryl methyl sites for hydroxylation is 1. The lowest BCUT2D eigenvalue weighted by Gasteiger charge is -2.51. The van der Waals surface area contributed by atoms with Crippen LogP contribution in [-0.2, 0) is 18.9 Å². The standard InChI is InChI=1S/C28H39F2N5O6/c1-16-8-9-17(22(30)21(16)29)18-13-35(34-33-18)23-24(38-4)19(40-20-14-39-27(2,3)41-25(20)23)12-31-15-28(32-26(36)37)10-6-5-7-11-28/h8-9,13,19-20,23-25,31-32H,5-7,10-12,14-15H2,1-4H3,(H,36,37)/t19-,20-,23-,24+,25+/m1/s1. The highest BCUT2D eigenvalue weighted by Crippen LogP contribution is 2.40. The molecule has 41 heavy (non-hydrogen) atoms. The van der Waals surface area contributed by atoms with E-state index in [1.54, 1.807) is 18.0 Å². The summed E-state index contributed by atoms with van der Waals surface area (Å²) in [5.41, 5.74) is -0.156. The number of hydrogen-bond acceptors (Lipinski definition) is 8. The zero-order valence-corrected chi connectivity index (χ0v) is 23.9. The molecule has 0 bridgehead atoms. The summed E-state index contributed by atoms with van der Waals surface area (Å²) in [4.78, 5) is 11.5. The van der Waals surface area contributed by atoms with Gasteiger partial charge in [-0.05, 0) is 45.2 Å². The highest BCUT2D eigenvalue weighted by Gasteiger charge is 2.53. The van der Waals surface area contributed by atoms with Crippen LogP contribution in [0.1, 0.15) is 57.6 Å². The Labute approximate surface area is 237 Å². The van der Waals surface area contributed by atoms with Crippen LogP contribution in [0.2, 0.25) is 0 Å². The average molecular weight is 580 g/mol. The summed E-state index contributed by atoms with van der Waals surface area (Å²) in [5.74, 6) is -2.80. The monoisotopic (exact) mass is 579 g/mol. The minimum absolute atomic E-state index is 0.00655. The van der Waals surface area contributed by atoms with Crippen molar-refractivity contribution in [2.75, 3.05) is 26.8 Å². The number of ether oxygens (including phenoxy) is 4. The van der Waals surface area contributed by atoms with Gasteiger partial charge in [-0.1, -0.05) is 30.5 Å². The Morgan fingerprint density at radius 1 is 1.22 bits per heavy atom. The lowest BCUT2D eigenvalue weighted by Crippen LogP contribution is -2.64. The van der Waals surface area contributed by atoms with Crippen LogP contribution >= 0.6 is 0 Å². The maximum atomic E-state index is 14.8. The maximum Gasteiger partial charge on any atom is 0.405 e. The van der Waals surface area contributed by atoms with Gasteiger partial charge in [0.25, 0.3) is 0 Å². The average Bonchev–Trinajstić information content (AvgIpc) is 3.40. The van der Waals surface area contributed by atoms with Crippen molar-refractivity contribution in [3.8, 4) is 11.3 Å². The Balaban J connectivity index is 1.40. The van der Waals surface area contributed by atoms with Crippen LogP contribution in [0.25, 0.3) is 11.3 Å². The van der Waals surface area contributed by atoms with Crippen molar-refractivity contribution in [2.45, 2.75) is 94.7 Å². The lowest BCUT2D eigenvalue weighted by atomic mass is 9.81. The lowest BCUT2D eigenvalue weighted by molar-refractivity contribution is -0.349. The van der Waals surface area contributed by atoms with Crippen molar-refractivity contribution in [2.24, 2.45) is 0 Å². The number of methoxy groups -OCH3 is 1. The number of hydrogen-bond donors (Lipinski definition) is 3. The molecule has 13 heteroatoms. The van der Waals surface area contributed by atoms with Gasteiger partial charge in [0.2, 0.25) is 0 Å². The second-order valence-corrected chi connectivity index (χ2v) is 11.7. The van der Waals surface area contributed by atoms with Crippen molar-refractivity contribution in [3.63, 3.8) is 0 Å². The van der Waals surface area contributed by atoms with E-state index in [4.69, 9.17) is 18.9 Å². The number of fused-ring (bicyclic) bond motifs is 1. The Hall–Kier alpha value is -2.71. The number of carboxylic acid groups (broad SMARTS) is 1. The molecule has 5 atom stereocenters. The molecule has 2 saturated heterocycles. The van der Waals surface area contributed by atoms with Crippen LogP contribution < -0.4 is 10.6 Å². The molecule has 1 aliphatic carbocycles. The molecule has 3 fully saturated rings. The zero-order valence-electron chi connectivity index (χ0n) is 23.9. The number of benzene rings is 1. The van der Waals surface area contributed by atoms with Gasteiger partial charge in [0.05, 0.1) is 24.4 Å². The third-order valence-corrected chi connectivity index (χ3v) is 8.40. The highest BCUT2D eigenvalue weighted by molar-refractivity contribution is 5.65. The molecule has 5 rings (SSSR count). The third kappa shape index (κ3) is 6.24. The van der Waals surface area contributed by atoms with Crippen LogP contribution in [0.15, 0.2) is 18.3 Å². The van der Waals surface area contributed by atoms with Gasteiger partial charge in [0.15, 0.2) is 17.4 Å². The zero-order chi connectivity index (χ0) is 29.4. The second-order valence-electron chi connectivity index (χ2n) is 11.7.